The van der Waals surface area contributed by atoms with E-state index >= 15 is 0 Å². The molecule has 0 fully saturated rings. The normalized spacial score (nSPS) is 16.5. The van der Waals surface area contributed by atoms with Crippen LogP contribution in [0, 0.1) is 0 Å². The number of halogens is 1. The number of rotatable bonds is 5. The van der Waals surface area contributed by atoms with Crippen molar-refractivity contribution in [2.24, 2.45) is 0 Å². The number of phenolic OH excluding ortho intramolecular Hbond substituents is 1. The van der Waals surface area contributed by atoms with Crippen LogP contribution in [0.3, 0.4) is 0 Å². The fourth-order valence-corrected chi connectivity index (χ4v) is 2.86. The van der Waals surface area contributed by atoms with E-state index in [4.69, 9.17) is 0 Å². The van der Waals surface area contributed by atoms with Crippen LogP contribution in [0.15, 0.2) is 12.1 Å². The average Bonchev–Trinajstić information content (AvgIpc) is 2.45. The van der Waals surface area contributed by atoms with Crippen molar-refractivity contribution in [3.63, 3.8) is 0 Å². The van der Waals surface area contributed by atoms with Gasteiger partial charge in [0.15, 0.2) is 0 Å². The fourth-order valence-electron chi connectivity index (χ4n) is 2.86. The van der Waals surface area contributed by atoms with Crippen LogP contribution < -0.4 is 10.6 Å². The topological polar surface area (TPSA) is 81.6 Å². The standard InChI is InChI=1S/C16H24N2O3.ClH/c1-4-12(17-9(2)3)16(21)11-5-7-13(19)15-10(11)6-8-14(20)18-15;/h5,7,9,12,16-17,19,21H,4,6,8H2,1-3H3,(H,18,20);1H. The Kier molecular flexibility index (Phi) is 6.66. The van der Waals surface area contributed by atoms with Crippen molar-refractivity contribution in [2.45, 2.75) is 58.2 Å². The predicted octanol–water partition coefficient (Wildman–Crippen LogP) is 2.51. The van der Waals surface area contributed by atoms with Crippen molar-refractivity contribution in [1.82, 2.24) is 5.32 Å². The van der Waals surface area contributed by atoms with Crippen molar-refractivity contribution in [3.8, 4) is 5.75 Å². The minimum Gasteiger partial charge on any atom is -0.506 e. The number of amides is 1. The van der Waals surface area contributed by atoms with Gasteiger partial charge in [0.05, 0.1) is 11.8 Å². The Bertz CT molecular complexity index is 534. The average molecular weight is 329 g/mol. The molecule has 0 bridgehead atoms. The van der Waals surface area contributed by atoms with Crippen LogP contribution in [-0.4, -0.2) is 28.2 Å². The largest absolute Gasteiger partial charge is 0.506 e. The summed E-state index contributed by atoms with van der Waals surface area (Å²) in [5.41, 5.74) is 2.07. The minimum absolute atomic E-state index is 0. The first-order valence-electron chi connectivity index (χ1n) is 7.52. The highest BCUT2D eigenvalue weighted by Gasteiger charge is 2.27. The first kappa shape index (κ1) is 18.7. The Balaban J connectivity index is 0.00000242. The summed E-state index contributed by atoms with van der Waals surface area (Å²) in [5.74, 6) is -0.0457. The second-order valence-electron chi connectivity index (χ2n) is 5.86. The van der Waals surface area contributed by atoms with Gasteiger partial charge in [-0.1, -0.05) is 26.8 Å². The molecular formula is C16H25ClN2O3. The minimum atomic E-state index is -0.665. The van der Waals surface area contributed by atoms with Crippen LogP contribution in [0.1, 0.15) is 50.8 Å². The molecular weight excluding hydrogens is 304 g/mol. The number of phenols is 1. The lowest BCUT2D eigenvalue weighted by atomic mass is 9.90. The number of carbonyl (C=O) groups is 1. The van der Waals surface area contributed by atoms with Gasteiger partial charge in [0.25, 0.3) is 0 Å². The zero-order valence-electron chi connectivity index (χ0n) is 13.2. The van der Waals surface area contributed by atoms with Crippen molar-refractivity contribution in [1.29, 1.82) is 0 Å². The van der Waals surface area contributed by atoms with Crippen molar-refractivity contribution >= 4 is 24.0 Å². The van der Waals surface area contributed by atoms with Crippen LogP contribution in [0.5, 0.6) is 5.75 Å². The molecule has 0 aliphatic carbocycles. The van der Waals surface area contributed by atoms with E-state index in [1.165, 1.54) is 6.07 Å². The lowest BCUT2D eigenvalue weighted by Gasteiger charge is -2.29. The molecule has 4 N–H and O–H groups in total. The van der Waals surface area contributed by atoms with E-state index in [9.17, 15) is 15.0 Å². The third-order valence-electron chi connectivity index (χ3n) is 3.88. The smallest absolute Gasteiger partial charge is 0.224 e. The first-order valence-corrected chi connectivity index (χ1v) is 7.52. The van der Waals surface area contributed by atoms with Crippen LogP contribution in [0.25, 0.3) is 0 Å². The van der Waals surface area contributed by atoms with Gasteiger partial charge in [0.1, 0.15) is 5.75 Å². The molecule has 1 aromatic carbocycles. The maximum Gasteiger partial charge on any atom is 0.224 e. The summed E-state index contributed by atoms with van der Waals surface area (Å²) >= 11 is 0. The van der Waals surface area contributed by atoms with E-state index in [0.29, 0.717) is 18.5 Å². The number of carbonyl (C=O) groups excluding carboxylic acids is 1. The number of anilines is 1. The van der Waals surface area contributed by atoms with E-state index < -0.39 is 6.10 Å². The van der Waals surface area contributed by atoms with E-state index in [0.717, 1.165) is 17.5 Å². The summed E-state index contributed by atoms with van der Waals surface area (Å²) in [6.45, 7) is 6.11. The number of fused-ring (bicyclic) bond motifs is 1. The molecule has 1 amide bonds. The summed E-state index contributed by atoms with van der Waals surface area (Å²) < 4.78 is 0. The molecule has 1 aliphatic rings. The number of aliphatic hydroxyl groups is 1. The second kappa shape index (κ2) is 7.81. The number of benzene rings is 1. The molecule has 0 radical (unpaired) electrons. The van der Waals surface area contributed by atoms with Crippen LogP contribution in [-0.2, 0) is 11.2 Å². The summed E-state index contributed by atoms with van der Waals surface area (Å²) in [5, 5.41) is 26.7. The van der Waals surface area contributed by atoms with Gasteiger partial charge in [0.2, 0.25) is 5.91 Å². The third-order valence-corrected chi connectivity index (χ3v) is 3.88. The van der Waals surface area contributed by atoms with Gasteiger partial charge < -0.3 is 20.8 Å². The second-order valence-corrected chi connectivity index (χ2v) is 5.86. The SMILES string of the molecule is CCC(NC(C)C)C(O)c1ccc(O)c2c1CCC(=O)N2.Cl. The molecule has 0 saturated heterocycles. The highest BCUT2D eigenvalue weighted by molar-refractivity contribution is 5.96. The number of hydrogen-bond acceptors (Lipinski definition) is 4. The van der Waals surface area contributed by atoms with E-state index in [1.54, 1.807) is 6.07 Å². The molecule has 2 atom stereocenters. The molecule has 5 nitrogen and oxygen atoms in total. The van der Waals surface area contributed by atoms with Crippen molar-refractivity contribution in [3.05, 3.63) is 23.3 Å². The van der Waals surface area contributed by atoms with Gasteiger partial charge >= 0.3 is 0 Å². The molecule has 0 spiro atoms. The van der Waals surface area contributed by atoms with Gasteiger partial charge in [-0.05, 0) is 30.0 Å². The van der Waals surface area contributed by atoms with Crippen molar-refractivity contribution in [2.75, 3.05) is 5.32 Å². The lowest BCUT2D eigenvalue weighted by Crippen LogP contribution is -2.39. The number of hydrogen-bond donors (Lipinski definition) is 4. The summed E-state index contributed by atoms with van der Waals surface area (Å²) in [6, 6.07) is 3.50. The van der Waals surface area contributed by atoms with E-state index in [2.05, 4.69) is 10.6 Å². The highest BCUT2D eigenvalue weighted by atomic mass is 35.5. The molecule has 1 heterocycles. The van der Waals surface area contributed by atoms with Gasteiger partial charge in [-0.3, -0.25) is 4.79 Å². The Morgan fingerprint density at radius 3 is 2.59 bits per heavy atom. The Hall–Kier alpha value is -1.30. The maximum absolute atomic E-state index is 11.5. The zero-order valence-corrected chi connectivity index (χ0v) is 14.0. The van der Waals surface area contributed by atoms with Gasteiger partial charge in [0, 0.05) is 18.5 Å². The maximum atomic E-state index is 11.5. The van der Waals surface area contributed by atoms with Gasteiger partial charge in [-0.2, -0.15) is 0 Å². The molecule has 2 unspecified atom stereocenters. The molecule has 1 aromatic rings. The highest BCUT2D eigenvalue weighted by Crippen LogP contribution is 2.37. The monoisotopic (exact) mass is 328 g/mol. The predicted molar refractivity (Wildman–Crippen MR) is 89.6 cm³/mol. The Labute approximate surface area is 137 Å². The lowest BCUT2D eigenvalue weighted by molar-refractivity contribution is -0.116. The summed E-state index contributed by atoms with van der Waals surface area (Å²) in [4.78, 5) is 11.5. The van der Waals surface area contributed by atoms with Gasteiger partial charge in [-0.15, -0.1) is 12.4 Å². The van der Waals surface area contributed by atoms with E-state index in [1.807, 2.05) is 20.8 Å². The number of aromatic hydroxyl groups is 1. The Morgan fingerprint density at radius 2 is 2.00 bits per heavy atom. The molecule has 124 valence electrons. The molecule has 1 aliphatic heterocycles. The zero-order chi connectivity index (χ0) is 15.6. The molecule has 0 aromatic heterocycles. The summed E-state index contributed by atoms with van der Waals surface area (Å²) in [7, 11) is 0. The molecule has 2 rings (SSSR count). The Morgan fingerprint density at radius 1 is 1.32 bits per heavy atom. The van der Waals surface area contributed by atoms with Crippen LogP contribution in [0.4, 0.5) is 5.69 Å². The fraction of sp³-hybridized carbons (Fsp3) is 0.562. The number of nitrogens with one attached hydrogen (secondary N) is 2. The van der Waals surface area contributed by atoms with Crippen LogP contribution >= 0.6 is 12.4 Å². The van der Waals surface area contributed by atoms with Crippen molar-refractivity contribution < 1.29 is 15.0 Å². The molecule has 0 saturated carbocycles. The molecule has 6 heteroatoms. The molecule has 22 heavy (non-hydrogen) atoms. The number of aliphatic hydroxyl groups excluding tert-OH is 1. The van der Waals surface area contributed by atoms with Gasteiger partial charge in [-0.25, -0.2) is 0 Å². The van der Waals surface area contributed by atoms with E-state index in [-0.39, 0.29) is 36.1 Å². The quantitative estimate of drug-likeness (QED) is 0.626. The van der Waals surface area contributed by atoms with Crippen LogP contribution in [0.2, 0.25) is 0 Å². The third kappa shape index (κ3) is 3.91. The summed E-state index contributed by atoms with van der Waals surface area (Å²) in [6.07, 6.45) is 1.05. The first-order chi connectivity index (χ1) is 9.93.